The lowest BCUT2D eigenvalue weighted by Gasteiger charge is -2.25. The minimum Gasteiger partial charge on any atom is -0.314 e. The van der Waals surface area contributed by atoms with Gasteiger partial charge in [-0.1, -0.05) is 18.2 Å². The molecule has 1 aliphatic heterocycles. The second-order valence-electron chi connectivity index (χ2n) is 3.74. The number of rotatable bonds is 3. The molecule has 0 radical (unpaired) electrons. The number of aromatic nitrogens is 1. The van der Waals surface area contributed by atoms with Crippen molar-refractivity contribution >= 4 is 30.9 Å². The number of nitrogens with one attached hydrogen (secondary N) is 1. The molecule has 5 heteroatoms. The molecule has 2 heterocycles. The average molecular weight is 276 g/mol. The Morgan fingerprint density at radius 2 is 2.06 bits per heavy atom. The van der Waals surface area contributed by atoms with Crippen LogP contribution in [0.25, 0.3) is 6.08 Å². The predicted octanol–water partition coefficient (Wildman–Crippen LogP) is 1.84. The summed E-state index contributed by atoms with van der Waals surface area (Å²) in [6, 6.07) is 4.03. The maximum absolute atomic E-state index is 4.08. The van der Waals surface area contributed by atoms with Gasteiger partial charge in [0.15, 0.2) is 0 Å². The maximum Gasteiger partial charge on any atom is 0.0340 e. The number of hydrogen-bond acceptors (Lipinski definition) is 3. The van der Waals surface area contributed by atoms with E-state index in [4.69, 9.17) is 0 Å². The first-order chi connectivity index (χ1) is 7.45. The van der Waals surface area contributed by atoms with Gasteiger partial charge >= 0.3 is 0 Å². The van der Waals surface area contributed by atoms with E-state index >= 15 is 0 Å². The molecule has 0 saturated carbocycles. The van der Waals surface area contributed by atoms with Crippen molar-refractivity contribution in [1.29, 1.82) is 0 Å². The Morgan fingerprint density at radius 1 is 1.29 bits per heavy atom. The van der Waals surface area contributed by atoms with E-state index < -0.39 is 0 Å². The van der Waals surface area contributed by atoms with Crippen LogP contribution in [0, 0.1) is 0 Å². The first-order valence-corrected chi connectivity index (χ1v) is 5.45. The van der Waals surface area contributed by atoms with E-state index in [0.29, 0.717) is 0 Å². The van der Waals surface area contributed by atoms with Crippen LogP contribution in [0.4, 0.5) is 0 Å². The summed E-state index contributed by atoms with van der Waals surface area (Å²) >= 11 is 0. The number of nitrogens with zero attached hydrogens (tertiary/aromatic N) is 2. The van der Waals surface area contributed by atoms with Gasteiger partial charge in [-0.15, -0.1) is 24.8 Å². The van der Waals surface area contributed by atoms with Gasteiger partial charge in [-0.05, 0) is 11.6 Å². The summed E-state index contributed by atoms with van der Waals surface area (Å²) in [5.74, 6) is 0. The van der Waals surface area contributed by atoms with Crippen molar-refractivity contribution in [1.82, 2.24) is 15.2 Å². The smallest absolute Gasteiger partial charge is 0.0340 e. The Bertz CT molecular complexity index is 311. The van der Waals surface area contributed by atoms with Crippen LogP contribution in [0.5, 0.6) is 0 Å². The summed E-state index contributed by atoms with van der Waals surface area (Å²) in [4.78, 5) is 6.52. The van der Waals surface area contributed by atoms with Crippen molar-refractivity contribution in [2.24, 2.45) is 0 Å². The number of hydrogen-bond donors (Lipinski definition) is 1. The van der Waals surface area contributed by atoms with Crippen molar-refractivity contribution in [2.75, 3.05) is 32.7 Å². The molecule has 1 aliphatic rings. The summed E-state index contributed by atoms with van der Waals surface area (Å²) in [5.41, 5.74) is 1.17. The Morgan fingerprint density at radius 3 is 2.71 bits per heavy atom. The van der Waals surface area contributed by atoms with Gasteiger partial charge in [-0.3, -0.25) is 9.88 Å². The summed E-state index contributed by atoms with van der Waals surface area (Å²) < 4.78 is 0. The van der Waals surface area contributed by atoms with E-state index in [9.17, 15) is 0 Å². The molecule has 1 N–H and O–H groups in total. The summed E-state index contributed by atoms with van der Waals surface area (Å²) in [6.45, 7) is 5.56. The molecular formula is C12H19Cl2N3. The molecule has 0 atom stereocenters. The Labute approximate surface area is 115 Å². The SMILES string of the molecule is C(=C/c1cccnc1)/CN1CCNCC1.Cl.Cl. The first-order valence-electron chi connectivity index (χ1n) is 5.45. The first kappa shape index (κ1) is 16.4. The molecule has 1 aromatic heterocycles. The number of halogens is 2. The zero-order chi connectivity index (χ0) is 10.3. The molecule has 2 rings (SSSR count). The molecule has 0 aliphatic carbocycles. The fourth-order valence-corrected chi connectivity index (χ4v) is 1.71. The minimum absolute atomic E-state index is 0. The average Bonchev–Trinajstić information content (AvgIpc) is 2.32. The van der Waals surface area contributed by atoms with Crippen molar-refractivity contribution in [3.63, 3.8) is 0 Å². The Hall–Kier alpha value is -0.610. The summed E-state index contributed by atoms with van der Waals surface area (Å²) in [6.07, 6.45) is 8.03. The number of piperazine rings is 1. The van der Waals surface area contributed by atoms with E-state index in [1.165, 1.54) is 5.56 Å². The fourth-order valence-electron chi connectivity index (χ4n) is 1.71. The van der Waals surface area contributed by atoms with E-state index in [0.717, 1.165) is 32.7 Å². The second kappa shape index (κ2) is 9.42. The highest BCUT2D eigenvalue weighted by Gasteiger charge is 2.06. The monoisotopic (exact) mass is 275 g/mol. The maximum atomic E-state index is 4.08. The molecule has 17 heavy (non-hydrogen) atoms. The van der Waals surface area contributed by atoms with Gasteiger partial charge < -0.3 is 5.32 Å². The second-order valence-corrected chi connectivity index (χ2v) is 3.74. The third kappa shape index (κ3) is 6.03. The van der Waals surface area contributed by atoms with Gasteiger partial charge in [0.1, 0.15) is 0 Å². The molecule has 0 bridgehead atoms. The highest BCUT2D eigenvalue weighted by molar-refractivity contribution is 5.85. The minimum atomic E-state index is 0. The molecule has 3 nitrogen and oxygen atoms in total. The van der Waals surface area contributed by atoms with Crippen molar-refractivity contribution in [2.45, 2.75) is 0 Å². The molecular weight excluding hydrogens is 257 g/mol. The van der Waals surface area contributed by atoms with E-state index in [2.05, 4.69) is 33.4 Å². The molecule has 1 saturated heterocycles. The molecule has 0 amide bonds. The van der Waals surface area contributed by atoms with E-state index in [1.807, 2.05) is 12.3 Å². The highest BCUT2D eigenvalue weighted by atomic mass is 35.5. The van der Waals surface area contributed by atoms with Crippen molar-refractivity contribution < 1.29 is 0 Å². The van der Waals surface area contributed by atoms with E-state index in [1.54, 1.807) is 6.20 Å². The predicted molar refractivity (Wildman–Crippen MR) is 77.1 cm³/mol. The van der Waals surface area contributed by atoms with Crippen LogP contribution >= 0.6 is 24.8 Å². The molecule has 1 aromatic rings. The standard InChI is InChI=1S/C12H17N3.2ClH/c1-3-12(11-14-5-1)4-2-8-15-9-6-13-7-10-15;;/h1-5,11,13H,6-10H2;2*1H/b4-2-;;. The fraction of sp³-hybridized carbons (Fsp3) is 0.417. The molecule has 0 aromatic carbocycles. The molecule has 0 spiro atoms. The van der Waals surface area contributed by atoms with Crippen LogP contribution < -0.4 is 5.32 Å². The largest absolute Gasteiger partial charge is 0.314 e. The van der Waals surface area contributed by atoms with Gasteiger partial charge in [-0.2, -0.15) is 0 Å². The third-order valence-electron chi connectivity index (χ3n) is 2.57. The summed E-state index contributed by atoms with van der Waals surface area (Å²) in [7, 11) is 0. The lowest BCUT2D eigenvalue weighted by Crippen LogP contribution is -2.43. The van der Waals surface area contributed by atoms with Crippen LogP contribution in [0.3, 0.4) is 0 Å². The van der Waals surface area contributed by atoms with Gasteiger partial charge in [0, 0.05) is 45.1 Å². The van der Waals surface area contributed by atoms with Crippen LogP contribution in [0.15, 0.2) is 30.6 Å². The van der Waals surface area contributed by atoms with Crippen molar-refractivity contribution in [3.8, 4) is 0 Å². The van der Waals surface area contributed by atoms with Gasteiger partial charge in [0.2, 0.25) is 0 Å². The van der Waals surface area contributed by atoms with Crippen LogP contribution in [-0.4, -0.2) is 42.6 Å². The highest BCUT2D eigenvalue weighted by Crippen LogP contribution is 1.99. The Balaban J connectivity index is 0.00000128. The topological polar surface area (TPSA) is 28.2 Å². The molecule has 0 unspecified atom stereocenters. The van der Waals surface area contributed by atoms with Crippen LogP contribution in [0.2, 0.25) is 0 Å². The van der Waals surface area contributed by atoms with Gasteiger partial charge in [0.05, 0.1) is 0 Å². The van der Waals surface area contributed by atoms with Crippen molar-refractivity contribution in [3.05, 3.63) is 36.2 Å². The molecule has 96 valence electrons. The van der Waals surface area contributed by atoms with Crippen LogP contribution in [0.1, 0.15) is 5.56 Å². The lowest BCUT2D eigenvalue weighted by molar-refractivity contribution is 0.265. The Kier molecular flexibility index (Phi) is 9.09. The molecule has 1 fully saturated rings. The zero-order valence-corrected chi connectivity index (χ0v) is 11.3. The van der Waals surface area contributed by atoms with E-state index in [-0.39, 0.29) is 24.8 Å². The van der Waals surface area contributed by atoms with Gasteiger partial charge in [-0.25, -0.2) is 0 Å². The zero-order valence-electron chi connectivity index (χ0n) is 9.71. The van der Waals surface area contributed by atoms with Crippen LogP contribution in [-0.2, 0) is 0 Å². The number of pyridine rings is 1. The lowest BCUT2D eigenvalue weighted by atomic mass is 10.2. The quantitative estimate of drug-likeness (QED) is 0.913. The third-order valence-corrected chi connectivity index (χ3v) is 2.57. The van der Waals surface area contributed by atoms with Gasteiger partial charge in [0.25, 0.3) is 0 Å². The summed E-state index contributed by atoms with van der Waals surface area (Å²) in [5, 5.41) is 3.35. The normalized spacial score (nSPS) is 16.2.